The third-order valence-electron chi connectivity index (χ3n) is 3.27. The van der Waals surface area contributed by atoms with Crippen molar-refractivity contribution in [3.8, 4) is 0 Å². The molecule has 0 saturated carbocycles. The lowest BCUT2D eigenvalue weighted by Gasteiger charge is -2.15. The number of nitrogens with zero attached hydrogens (tertiary/aromatic N) is 1. The van der Waals surface area contributed by atoms with E-state index in [1.54, 1.807) is 0 Å². The van der Waals surface area contributed by atoms with E-state index in [2.05, 4.69) is 17.4 Å². The van der Waals surface area contributed by atoms with Gasteiger partial charge in [0, 0.05) is 23.9 Å². The largest absolute Gasteiger partial charge is 0.382 e. The number of hydrogen-bond donors (Lipinski definition) is 1. The molecule has 0 fully saturated rings. The number of aryl methyl sites for hydroxylation is 1. The van der Waals surface area contributed by atoms with E-state index in [-0.39, 0.29) is 6.04 Å². The van der Waals surface area contributed by atoms with E-state index in [9.17, 15) is 14.5 Å². The fourth-order valence-electron chi connectivity index (χ4n) is 2.13. The van der Waals surface area contributed by atoms with Crippen LogP contribution in [0.1, 0.15) is 18.9 Å². The number of benzene rings is 2. The summed E-state index contributed by atoms with van der Waals surface area (Å²) >= 11 is 0. The number of anilines is 1. The molecule has 0 aliphatic carbocycles. The molecule has 0 radical (unpaired) electrons. The predicted molar refractivity (Wildman–Crippen MR) is 80.9 cm³/mol. The number of nitrogens with one attached hydrogen (secondary N) is 1. The molecular weight excluding hydrogens is 271 g/mol. The van der Waals surface area contributed by atoms with Crippen LogP contribution in [-0.2, 0) is 6.42 Å². The van der Waals surface area contributed by atoms with Crippen molar-refractivity contribution in [3.05, 3.63) is 70.0 Å². The molecule has 0 bridgehead atoms. The summed E-state index contributed by atoms with van der Waals surface area (Å²) < 4.78 is 13.5. The van der Waals surface area contributed by atoms with Crippen molar-refractivity contribution in [1.29, 1.82) is 0 Å². The van der Waals surface area contributed by atoms with Gasteiger partial charge >= 0.3 is 5.69 Å². The van der Waals surface area contributed by atoms with Gasteiger partial charge in [0.15, 0.2) is 0 Å². The first-order valence-corrected chi connectivity index (χ1v) is 6.80. The lowest BCUT2D eigenvalue weighted by Crippen LogP contribution is -2.16. The Balaban J connectivity index is 1.92. The Labute approximate surface area is 122 Å². The maximum atomic E-state index is 13.5. The van der Waals surface area contributed by atoms with Crippen LogP contribution in [0.25, 0.3) is 0 Å². The van der Waals surface area contributed by atoms with Crippen LogP contribution in [0.15, 0.2) is 48.5 Å². The quantitative estimate of drug-likeness (QED) is 0.641. The van der Waals surface area contributed by atoms with Crippen molar-refractivity contribution < 1.29 is 9.31 Å². The topological polar surface area (TPSA) is 55.2 Å². The van der Waals surface area contributed by atoms with Crippen molar-refractivity contribution in [3.63, 3.8) is 0 Å². The van der Waals surface area contributed by atoms with Gasteiger partial charge in [0.1, 0.15) is 0 Å². The van der Waals surface area contributed by atoms with Gasteiger partial charge in [-0.2, -0.15) is 4.39 Å². The van der Waals surface area contributed by atoms with Gasteiger partial charge in [-0.25, -0.2) is 0 Å². The molecule has 2 aromatic rings. The Morgan fingerprint density at radius 3 is 2.57 bits per heavy atom. The van der Waals surface area contributed by atoms with E-state index >= 15 is 0 Å². The first-order chi connectivity index (χ1) is 10.1. The second kappa shape index (κ2) is 6.83. The molecule has 0 aromatic heterocycles. The number of hydrogen-bond acceptors (Lipinski definition) is 3. The molecule has 5 heteroatoms. The Kier molecular flexibility index (Phi) is 4.87. The van der Waals surface area contributed by atoms with Crippen LogP contribution >= 0.6 is 0 Å². The molecule has 2 aromatic carbocycles. The lowest BCUT2D eigenvalue weighted by molar-refractivity contribution is -0.387. The number of rotatable bonds is 6. The molecule has 0 saturated heterocycles. The molecule has 21 heavy (non-hydrogen) atoms. The molecule has 0 heterocycles. The highest BCUT2D eigenvalue weighted by Gasteiger charge is 2.14. The normalized spacial score (nSPS) is 11.9. The monoisotopic (exact) mass is 288 g/mol. The SMILES string of the molecule is CC(CCc1ccccc1)Nc1ccc([N+](=O)[O-])c(F)c1. The standard InChI is InChI=1S/C16H17FN2O2/c1-12(7-8-13-5-3-2-4-6-13)18-14-9-10-16(19(20)21)15(17)11-14/h2-6,9-12,18H,7-8H2,1H3. The van der Waals surface area contributed by atoms with Gasteiger partial charge in [0.25, 0.3) is 0 Å². The molecule has 0 aliphatic heterocycles. The minimum absolute atomic E-state index is 0.145. The molecule has 2 rings (SSSR count). The second-order valence-corrected chi connectivity index (χ2v) is 4.99. The van der Waals surface area contributed by atoms with Crippen LogP contribution in [-0.4, -0.2) is 11.0 Å². The fraction of sp³-hybridized carbons (Fsp3) is 0.250. The van der Waals surface area contributed by atoms with Gasteiger partial charge in [-0.1, -0.05) is 30.3 Å². The van der Waals surface area contributed by atoms with Crippen LogP contribution in [0.2, 0.25) is 0 Å². The molecule has 4 nitrogen and oxygen atoms in total. The van der Waals surface area contributed by atoms with Gasteiger partial charge in [-0.05, 0) is 31.4 Å². The van der Waals surface area contributed by atoms with Crippen molar-refractivity contribution in [2.45, 2.75) is 25.8 Å². The van der Waals surface area contributed by atoms with Gasteiger partial charge in [-0.3, -0.25) is 10.1 Å². The van der Waals surface area contributed by atoms with Crippen molar-refractivity contribution in [2.24, 2.45) is 0 Å². The van der Waals surface area contributed by atoms with Crippen LogP contribution < -0.4 is 5.32 Å². The molecule has 1 atom stereocenters. The molecule has 0 aliphatic rings. The Morgan fingerprint density at radius 1 is 1.24 bits per heavy atom. The molecule has 110 valence electrons. The Morgan fingerprint density at radius 2 is 1.95 bits per heavy atom. The van der Waals surface area contributed by atoms with Crippen LogP contribution in [0.4, 0.5) is 15.8 Å². The summed E-state index contributed by atoms with van der Waals surface area (Å²) in [4.78, 5) is 9.84. The van der Waals surface area contributed by atoms with E-state index in [1.165, 1.54) is 17.7 Å². The van der Waals surface area contributed by atoms with Crippen LogP contribution in [0, 0.1) is 15.9 Å². The van der Waals surface area contributed by atoms with E-state index in [1.807, 2.05) is 25.1 Å². The van der Waals surface area contributed by atoms with Crippen molar-refractivity contribution in [2.75, 3.05) is 5.32 Å². The minimum atomic E-state index is -0.819. The summed E-state index contributed by atoms with van der Waals surface area (Å²) in [6.45, 7) is 2.00. The zero-order valence-corrected chi connectivity index (χ0v) is 11.8. The smallest absolute Gasteiger partial charge is 0.304 e. The minimum Gasteiger partial charge on any atom is -0.382 e. The molecule has 1 unspecified atom stereocenters. The average molecular weight is 288 g/mol. The highest BCUT2D eigenvalue weighted by Crippen LogP contribution is 2.21. The second-order valence-electron chi connectivity index (χ2n) is 4.99. The third kappa shape index (κ3) is 4.27. The summed E-state index contributed by atoms with van der Waals surface area (Å²) in [7, 11) is 0. The summed E-state index contributed by atoms with van der Waals surface area (Å²) in [6, 6.07) is 14.1. The summed E-state index contributed by atoms with van der Waals surface area (Å²) in [5.41, 5.74) is 1.30. The van der Waals surface area contributed by atoms with Crippen LogP contribution in [0.5, 0.6) is 0 Å². The number of nitro groups is 1. The zero-order valence-electron chi connectivity index (χ0n) is 11.8. The van der Waals surface area contributed by atoms with Crippen molar-refractivity contribution >= 4 is 11.4 Å². The van der Waals surface area contributed by atoms with Crippen LogP contribution in [0.3, 0.4) is 0 Å². The zero-order chi connectivity index (χ0) is 15.2. The number of nitro benzene ring substituents is 1. The maximum Gasteiger partial charge on any atom is 0.304 e. The highest BCUT2D eigenvalue weighted by atomic mass is 19.1. The van der Waals surface area contributed by atoms with E-state index in [0.717, 1.165) is 18.9 Å². The van der Waals surface area contributed by atoms with Gasteiger partial charge in [0.2, 0.25) is 5.82 Å². The van der Waals surface area contributed by atoms with E-state index in [4.69, 9.17) is 0 Å². The molecular formula is C16H17FN2O2. The molecule has 0 spiro atoms. The number of halogens is 1. The summed E-state index contributed by atoms with van der Waals surface area (Å²) in [5.74, 6) is -0.819. The summed E-state index contributed by atoms with van der Waals surface area (Å²) in [6.07, 6.45) is 1.81. The lowest BCUT2D eigenvalue weighted by atomic mass is 10.1. The molecule has 1 N–H and O–H groups in total. The maximum absolute atomic E-state index is 13.5. The predicted octanol–water partition coefficient (Wildman–Crippen LogP) is 4.17. The van der Waals surface area contributed by atoms with Gasteiger partial charge in [-0.15, -0.1) is 0 Å². The Hall–Kier alpha value is -2.43. The summed E-state index contributed by atoms with van der Waals surface area (Å²) in [5, 5.41) is 13.7. The highest BCUT2D eigenvalue weighted by molar-refractivity contribution is 5.50. The van der Waals surface area contributed by atoms with E-state index < -0.39 is 16.4 Å². The third-order valence-corrected chi connectivity index (χ3v) is 3.27. The van der Waals surface area contributed by atoms with E-state index in [0.29, 0.717) is 5.69 Å². The van der Waals surface area contributed by atoms with Gasteiger partial charge in [0.05, 0.1) is 4.92 Å². The van der Waals surface area contributed by atoms with Gasteiger partial charge < -0.3 is 5.32 Å². The van der Waals surface area contributed by atoms with Crippen molar-refractivity contribution in [1.82, 2.24) is 0 Å². The fourth-order valence-corrected chi connectivity index (χ4v) is 2.13. The Bertz CT molecular complexity index is 617. The molecule has 0 amide bonds. The average Bonchev–Trinajstić information content (AvgIpc) is 2.46. The first-order valence-electron chi connectivity index (χ1n) is 6.80. The first kappa shape index (κ1) is 15.0.